The Labute approximate surface area is 298 Å². The maximum absolute atomic E-state index is 5.60. The van der Waals surface area contributed by atoms with E-state index in [4.69, 9.17) is 36.7 Å². The molecule has 0 atom stereocenters. The average molecular weight is 751 g/mol. The standard InChI is InChI=1S/C27H54N6S9/c1-7-31(8-2)25(34)40-37-19-13-16-28-22-29(17-14-20-38-41-26(35)32(9-3)10-4)24-30(23-28)18-15-21-39-42-27(36)33(11-5)12-6/h7-24H2,1-6H3. The molecule has 1 fully saturated rings. The highest BCUT2D eigenvalue weighted by Gasteiger charge is 2.23. The fourth-order valence-electron chi connectivity index (χ4n) is 4.33. The van der Waals surface area contributed by atoms with Gasteiger partial charge in [0.1, 0.15) is 13.0 Å². The zero-order chi connectivity index (χ0) is 31.2. The zero-order valence-electron chi connectivity index (χ0n) is 26.6. The van der Waals surface area contributed by atoms with Crippen molar-refractivity contribution in [3.8, 4) is 0 Å². The van der Waals surface area contributed by atoms with Crippen molar-refractivity contribution in [3.05, 3.63) is 0 Å². The Morgan fingerprint density at radius 1 is 0.476 bits per heavy atom. The van der Waals surface area contributed by atoms with E-state index in [1.165, 1.54) is 19.3 Å². The molecule has 0 saturated carbocycles. The summed E-state index contributed by atoms with van der Waals surface area (Å²) in [5, 5.41) is 0. The van der Waals surface area contributed by atoms with Crippen LogP contribution in [0.15, 0.2) is 0 Å². The molecule has 42 heavy (non-hydrogen) atoms. The van der Waals surface area contributed by atoms with E-state index in [9.17, 15) is 0 Å². The van der Waals surface area contributed by atoms with E-state index in [0.717, 1.165) is 109 Å². The van der Waals surface area contributed by atoms with Crippen molar-refractivity contribution in [2.24, 2.45) is 0 Å². The maximum atomic E-state index is 5.60. The third kappa shape index (κ3) is 18.1. The summed E-state index contributed by atoms with van der Waals surface area (Å²) in [4.78, 5) is 14.7. The first-order valence-corrected chi connectivity index (χ1v) is 23.4. The lowest BCUT2D eigenvalue weighted by atomic mass is 10.3. The summed E-state index contributed by atoms with van der Waals surface area (Å²) < 4.78 is 3.05. The lowest BCUT2D eigenvalue weighted by Gasteiger charge is -2.42. The van der Waals surface area contributed by atoms with E-state index in [1.807, 2.05) is 32.4 Å². The molecular weight excluding hydrogens is 697 g/mol. The van der Waals surface area contributed by atoms with Gasteiger partial charge in [-0.15, -0.1) is 0 Å². The lowest BCUT2D eigenvalue weighted by Crippen LogP contribution is -2.55. The molecule has 1 aliphatic rings. The van der Waals surface area contributed by atoms with Gasteiger partial charge in [0, 0.05) is 76.2 Å². The molecule has 0 aliphatic carbocycles. The van der Waals surface area contributed by atoms with Gasteiger partial charge in [-0.05, 0) is 93.2 Å². The third-order valence-electron chi connectivity index (χ3n) is 6.76. The fraction of sp³-hybridized carbons (Fsp3) is 0.889. The average Bonchev–Trinajstić information content (AvgIpc) is 2.98. The van der Waals surface area contributed by atoms with Gasteiger partial charge in [0.05, 0.1) is 20.0 Å². The molecule has 1 rings (SSSR count). The van der Waals surface area contributed by atoms with Crippen molar-refractivity contribution in [2.75, 3.05) is 96.2 Å². The van der Waals surface area contributed by atoms with Gasteiger partial charge < -0.3 is 14.7 Å². The predicted molar refractivity (Wildman–Crippen MR) is 215 cm³/mol. The topological polar surface area (TPSA) is 19.4 Å². The summed E-state index contributed by atoms with van der Waals surface area (Å²) >= 11 is 16.8. The summed E-state index contributed by atoms with van der Waals surface area (Å²) in [6.45, 7) is 25.5. The molecule has 6 nitrogen and oxygen atoms in total. The number of nitrogens with zero attached hydrogens (tertiary/aromatic N) is 6. The van der Waals surface area contributed by atoms with Gasteiger partial charge in [0.25, 0.3) is 0 Å². The second-order valence-electron chi connectivity index (χ2n) is 9.70. The van der Waals surface area contributed by atoms with Crippen molar-refractivity contribution in [1.82, 2.24) is 29.4 Å². The number of hydrogen-bond donors (Lipinski definition) is 0. The molecule has 0 aromatic carbocycles. The van der Waals surface area contributed by atoms with Crippen LogP contribution in [0.2, 0.25) is 0 Å². The van der Waals surface area contributed by atoms with Crippen LogP contribution in [0.3, 0.4) is 0 Å². The normalized spacial score (nSPS) is 14.7. The van der Waals surface area contributed by atoms with Crippen LogP contribution in [0.25, 0.3) is 0 Å². The van der Waals surface area contributed by atoms with Crippen LogP contribution >= 0.6 is 101 Å². The Kier molecular flexibility index (Phi) is 26.5. The van der Waals surface area contributed by atoms with Crippen LogP contribution < -0.4 is 0 Å². The highest BCUT2D eigenvalue weighted by Crippen LogP contribution is 2.28. The van der Waals surface area contributed by atoms with Gasteiger partial charge in [0.15, 0.2) is 0 Å². The minimum absolute atomic E-state index is 0.988. The third-order valence-corrected chi connectivity index (χ3v) is 16.1. The van der Waals surface area contributed by atoms with Gasteiger partial charge in [-0.25, -0.2) is 0 Å². The Bertz CT molecular complexity index is 638. The number of rotatable bonds is 21. The maximum Gasteiger partial charge on any atom is 0.147 e. The van der Waals surface area contributed by atoms with Crippen molar-refractivity contribution in [3.63, 3.8) is 0 Å². The smallest absolute Gasteiger partial charge is 0.147 e. The van der Waals surface area contributed by atoms with Crippen LogP contribution in [-0.4, -0.2) is 139 Å². The minimum Gasteiger partial charge on any atom is -0.357 e. The van der Waals surface area contributed by atoms with Gasteiger partial charge >= 0.3 is 0 Å². The van der Waals surface area contributed by atoms with E-state index >= 15 is 0 Å². The summed E-state index contributed by atoms with van der Waals surface area (Å²) in [7, 11) is 11.0. The first kappa shape index (κ1) is 41.7. The summed E-state index contributed by atoms with van der Waals surface area (Å²) in [6.07, 6.45) is 3.56. The molecule has 0 unspecified atom stereocenters. The molecule has 1 heterocycles. The Morgan fingerprint density at radius 2 is 0.714 bits per heavy atom. The lowest BCUT2D eigenvalue weighted by molar-refractivity contribution is -0.0285. The molecule has 0 spiro atoms. The Balaban J connectivity index is 2.49. The Morgan fingerprint density at radius 3 is 0.929 bits per heavy atom. The first-order valence-electron chi connectivity index (χ1n) is 15.2. The van der Waals surface area contributed by atoms with Gasteiger partial charge in [-0.3, -0.25) is 14.7 Å². The second-order valence-corrected chi connectivity index (χ2v) is 18.8. The van der Waals surface area contributed by atoms with Crippen molar-refractivity contribution in [2.45, 2.75) is 60.8 Å². The minimum atomic E-state index is 0.988. The highest BCUT2D eigenvalue weighted by molar-refractivity contribution is 8.84. The summed E-state index contributed by atoms with van der Waals surface area (Å²) in [6, 6.07) is 0. The molecule has 0 aromatic rings. The molecule has 246 valence electrons. The SMILES string of the molecule is CCN(CC)C(=S)SSCCCN1CN(CCCSSC(=S)N(CC)CC)CN(CCCSSC(=S)N(CC)CC)C1. The first-order chi connectivity index (χ1) is 20.3. The molecule has 15 heteroatoms. The molecule has 1 aliphatic heterocycles. The van der Waals surface area contributed by atoms with Crippen molar-refractivity contribution < 1.29 is 0 Å². The molecule has 0 N–H and O–H groups in total. The zero-order valence-corrected chi connectivity index (χ0v) is 33.9. The number of hydrogen-bond acceptors (Lipinski definition) is 12. The van der Waals surface area contributed by atoms with Gasteiger partial charge in [0.2, 0.25) is 0 Å². The quantitative estimate of drug-likeness (QED) is 0.0642. The van der Waals surface area contributed by atoms with Crippen LogP contribution in [0.1, 0.15) is 60.8 Å². The summed E-state index contributed by atoms with van der Waals surface area (Å²) in [5.74, 6) is 3.38. The summed E-state index contributed by atoms with van der Waals surface area (Å²) in [5.41, 5.74) is 0. The predicted octanol–water partition coefficient (Wildman–Crippen LogP) is 7.97. The molecule has 1 saturated heterocycles. The largest absolute Gasteiger partial charge is 0.357 e. The molecular formula is C27H54N6S9. The van der Waals surface area contributed by atoms with Gasteiger partial charge in [-0.2, -0.15) is 0 Å². The van der Waals surface area contributed by atoms with E-state index in [0.29, 0.717) is 0 Å². The molecule has 0 bridgehead atoms. The molecule has 0 radical (unpaired) electrons. The second kappa shape index (κ2) is 26.7. The van der Waals surface area contributed by atoms with Crippen LogP contribution in [-0.2, 0) is 0 Å². The van der Waals surface area contributed by atoms with Crippen molar-refractivity contribution >= 4 is 114 Å². The highest BCUT2D eigenvalue weighted by atomic mass is 33.1. The van der Waals surface area contributed by atoms with Crippen molar-refractivity contribution in [1.29, 1.82) is 0 Å². The van der Waals surface area contributed by atoms with E-state index < -0.39 is 0 Å². The Hall–Kier alpha value is 1.65. The molecule has 0 aromatic heterocycles. The van der Waals surface area contributed by atoms with Crippen LogP contribution in [0.4, 0.5) is 0 Å². The molecule has 0 amide bonds. The van der Waals surface area contributed by atoms with E-state index in [-0.39, 0.29) is 0 Å². The van der Waals surface area contributed by atoms with Crippen LogP contribution in [0.5, 0.6) is 0 Å². The van der Waals surface area contributed by atoms with Crippen LogP contribution in [0, 0.1) is 0 Å². The number of thiocarbonyl (C=S) groups is 3. The van der Waals surface area contributed by atoms with E-state index in [1.54, 1.807) is 32.4 Å². The van der Waals surface area contributed by atoms with Gasteiger partial charge in [-0.1, -0.05) is 69.0 Å². The monoisotopic (exact) mass is 750 g/mol. The fourth-order valence-corrected chi connectivity index (χ4v) is 12.5. The van der Waals surface area contributed by atoms with E-state index in [2.05, 4.69) is 70.9 Å².